The standard InChI is InChI=1S/C63H62O15/c1-67-50-35-33-46(34-36-50)37-69-41-51-54(76-59(64)47-27-15-6-16-28-47)56(77-60(65)48-29-17-7-18-30-48)58(78-61(66)49-31-19-8-20-32-49)63(75-51)73-42-52-53(70-38-43-21-9-3-10-22-43)55(71-39-44-23-11-4-12-24-44)57(62(68-2)74-52)72-40-45-25-13-5-14-26-45/h3-36,51-58,62-63H,37-42H2,1-2H3/t51-,52-,53-,54-,55+,56+,57-,58-,62+,63-/m1/s1. The van der Waals surface area contributed by atoms with Crippen molar-refractivity contribution >= 4 is 17.9 Å². The first-order valence-corrected chi connectivity index (χ1v) is 25.7. The fourth-order valence-electron chi connectivity index (χ4n) is 9.12. The number of benzene rings is 7. The number of hydrogen-bond donors (Lipinski definition) is 0. The molecule has 0 aromatic heterocycles. The van der Waals surface area contributed by atoms with Crippen LogP contribution in [0.25, 0.3) is 0 Å². The lowest BCUT2D eigenvalue weighted by atomic mass is 9.96. The van der Waals surface area contributed by atoms with Crippen molar-refractivity contribution in [2.24, 2.45) is 0 Å². The summed E-state index contributed by atoms with van der Waals surface area (Å²) in [5.74, 6) is -1.69. The average Bonchev–Trinajstić information content (AvgIpc) is 3.53. The zero-order chi connectivity index (χ0) is 53.9. The Morgan fingerprint density at radius 3 is 1.21 bits per heavy atom. The maximum Gasteiger partial charge on any atom is 0.338 e. The van der Waals surface area contributed by atoms with Crippen LogP contribution in [-0.2, 0) is 78.5 Å². The van der Waals surface area contributed by atoms with E-state index >= 15 is 0 Å². The number of carbonyl (C=O) groups excluding carboxylic acids is 3. The van der Waals surface area contributed by atoms with Gasteiger partial charge in [-0.05, 0) is 70.8 Å². The fraction of sp³-hybridized carbons (Fsp3) is 0.286. The van der Waals surface area contributed by atoms with Gasteiger partial charge in [-0.3, -0.25) is 0 Å². The van der Waals surface area contributed by atoms with E-state index in [1.807, 2.05) is 115 Å². The van der Waals surface area contributed by atoms with E-state index < -0.39 is 79.3 Å². The highest BCUT2D eigenvalue weighted by Gasteiger charge is 2.55. The molecule has 7 aromatic carbocycles. The van der Waals surface area contributed by atoms with Crippen molar-refractivity contribution in [3.8, 4) is 5.75 Å². The van der Waals surface area contributed by atoms with Crippen molar-refractivity contribution < 1.29 is 71.2 Å². The predicted octanol–water partition coefficient (Wildman–Crippen LogP) is 9.76. The van der Waals surface area contributed by atoms with Gasteiger partial charge in [0, 0.05) is 7.11 Å². The third kappa shape index (κ3) is 14.9. The molecule has 7 aromatic rings. The quantitative estimate of drug-likeness (QED) is 0.0415. The highest BCUT2D eigenvalue weighted by atomic mass is 16.8. The van der Waals surface area contributed by atoms with E-state index in [-0.39, 0.29) is 56.3 Å². The van der Waals surface area contributed by atoms with Gasteiger partial charge in [0.15, 0.2) is 30.9 Å². The van der Waals surface area contributed by atoms with Crippen molar-refractivity contribution in [2.45, 2.75) is 87.8 Å². The van der Waals surface area contributed by atoms with Crippen LogP contribution in [-0.4, -0.2) is 107 Å². The molecule has 0 unspecified atom stereocenters. The van der Waals surface area contributed by atoms with Crippen molar-refractivity contribution in [3.05, 3.63) is 245 Å². The first kappa shape index (κ1) is 55.2. The molecule has 78 heavy (non-hydrogen) atoms. The summed E-state index contributed by atoms with van der Waals surface area (Å²) in [5.41, 5.74) is 4.09. The highest BCUT2D eigenvalue weighted by molar-refractivity contribution is 5.91. The van der Waals surface area contributed by atoms with E-state index in [0.717, 1.165) is 22.3 Å². The second-order valence-electron chi connectivity index (χ2n) is 18.5. The first-order chi connectivity index (χ1) is 38.3. The van der Waals surface area contributed by atoms with Gasteiger partial charge in [0.25, 0.3) is 0 Å². The molecule has 0 amide bonds. The van der Waals surface area contributed by atoms with Crippen LogP contribution < -0.4 is 4.74 Å². The number of methoxy groups -OCH3 is 2. The summed E-state index contributed by atoms with van der Waals surface area (Å²) in [4.78, 5) is 42.9. The number of esters is 3. The van der Waals surface area contributed by atoms with E-state index in [0.29, 0.717) is 5.75 Å². The minimum atomic E-state index is -1.59. The number of ether oxygens (including phenoxy) is 12. The lowest BCUT2D eigenvalue weighted by Gasteiger charge is -2.47. The van der Waals surface area contributed by atoms with Crippen LogP contribution in [0.5, 0.6) is 5.75 Å². The summed E-state index contributed by atoms with van der Waals surface area (Å²) < 4.78 is 77.7. The van der Waals surface area contributed by atoms with Gasteiger partial charge in [0.1, 0.15) is 36.3 Å². The van der Waals surface area contributed by atoms with E-state index in [9.17, 15) is 14.4 Å². The molecule has 15 nitrogen and oxygen atoms in total. The molecule has 2 saturated heterocycles. The smallest absolute Gasteiger partial charge is 0.338 e. The number of hydrogen-bond acceptors (Lipinski definition) is 15. The van der Waals surface area contributed by atoms with Gasteiger partial charge >= 0.3 is 17.9 Å². The summed E-state index contributed by atoms with van der Waals surface area (Å²) in [6.07, 6.45) is -11.9. The predicted molar refractivity (Wildman–Crippen MR) is 285 cm³/mol. The van der Waals surface area contributed by atoms with Crippen LogP contribution in [0, 0.1) is 0 Å². The van der Waals surface area contributed by atoms with Gasteiger partial charge in [0.2, 0.25) is 0 Å². The van der Waals surface area contributed by atoms with Crippen molar-refractivity contribution in [1.82, 2.24) is 0 Å². The van der Waals surface area contributed by atoms with Gasteiger partial charge in [0.05, 0.1) is 63.4 Å². The lowest BCUT2D eigenvalue weighted by molar-refractivity contribution is -0.341. The van der Waals surface area contributed by atoms with Crippen molar-refractivity contribution in [1.29, 1.82) is 0 Å². The molecule has 2 fully saturated rings. The van der Waals surface area contributed by atoms with Gasteiger partial charge in [-0.1, -0.05) is 158 Å². The molecule has 0 aliphatic carbocycles. The molecule has 2 heterocycles. The Labute approximate surface area is 453 Å². The Balaban J connectivity index is 1.09. The third-order valence-corrected chi connectivity index (χ3v) is 13.2. The van der Waals surface area contributed by atoms with Gasteiger partial charge < -0.3 is 56.8 Å². The minimum absolute atomic E-state index is 0.0995. The van der Waals surface area contributed by atoms with Crippen LogP contribution in [0.1, 0.15) is 53.3 Å². The van der Waals surface area contributed by atoms with E-state index in [2.05, 4.69) is 0 Å². The van der Waals surface area contributed by atoms with Crippen LogP contribution in [0.2, 0.25) is 0 Å². The fourth-order valence-corrected chi connectivity index (χ4v) is 9.12. The highest BCUT2D eigenvalue weighted by Crippen LogP contribution is 2.35. The lowest BCUT2D eigenvalue weighted by Crippen LogP contribution is -2.64. The van der Waals surface area contributed by atoms with Crippen molar-refractivity contribution in [3.63, 3.8) is 0 Å². The van der Waals surface area contributed by atoms with E-state index in [1.54, 1.807) is 98.1 Å². The zero-order valence-corrected chi connectivity index (χ0v) is 43.3. The molecular weight excluding hydrogens is 997 g/mol. The second-order valence-corrected chi connectivity index (χ2v) is 18.5. The van der Waals surface area contributed by atoms with Crippen LogP contribution in [0.3, 0.4) is 0 Å². The summed E-state index contributed by atoms with van der Waals surface area (Å²) in [6.45, 7) is 0.121. The topological polar surface area (TPSA) is 162 Å². The minimum Gasteiger partial charge on any atom is -0.497 e. The molecule has 0 N–H and O–H groups in total. The van der Waals surface area contributed by atoms with E-state index in [4.69, 9.17) is 56.8 Å². The van der Waals surface area contributed by atoms with Crippen LogP contribution in [0.15, 0.2) is 206 Å². The average molecular weight is 1060 g/mol. The van der Waals surface area contributed by atoms with E-state index in [1.165, 1.54) is 7.11 Å². The zero-order valence-electron chi connectivity index (χ0n) is 43.3. The molecule has 2 aliphatic heterocycles. The Hall–Kier alpha value is -7.57. The van der Waals surface area contributed by atoms with Crippen LogP contribution >= 0.6 is 0 Å². The number of carbonyl (C=O) groups is 3. The van der Waals surface area contributed by atoms with Gasteiger partial charge in [-0.2, -0.15) is 0 Å². The molecule has 0 saturated carbocycles. The van der Waals surface area contributed by atoms with Crippen molar-refractivity contribution in [2.75, 3.05) is 27.4 Å². The second kappa shape index (κ2) is 28.2. The molecule has 10 atom stereocenters. The summed E-state index contributed by atoms with van der Waals surface area (Å²) in [7, 11) is 3.10. The first-order valence-electron chi connectivity index (χ1n) is 25.7. The van der Waals surface area contributed by atoms with Gasteiger partial charge in [-0.25, -0.2) is 14.4 Å². The molecule has 9 rings (SSSR count). The largest absolute Gasteiger partial charge is 0.497 e. The maximum atomic E-state index is 14.4. The Morgan fingerprint density at radius 2 is 0.744 bits per heavy atom. The third-order valence-electron chi connectivity index (χ3n) is 13.2. The maximum absolute atomic E-state index is 14.4. The SMILES string of the molecule is COc1ccc(COC[C@H]2O[C@@H](OC[C@H]3O[C@H](OC)[C@H](OCc4ccccc4)[C@@H](OCc4ccccc4)[C@@H]3OCc3ccccc3)[C@H](OC(=O)c3ccccc3)[C@@H](OC(=O)c3ccccc3)[C@@H]2OC(=O)c2ccccc2)cc1. The Morgan fingerprint density at radius 1 is 0.359 bits per heavy atom. The summed E-state index contributed by atoms with van der Waals surface area (Å²) in [6, 6.07) is 61.4. The monoisotopic (exact) mass is 1060 g/mol. The normalized spacial score (nSPS) is 22.9. The Bertz CT molecular complexity index is 2900. The molecule has 0 spiro atoms. The van der Waals surface area contributed by atoms with Crippen LogP contribution in [0.4, 0.5) is 0 Å². The molecule has 2 aliphatic rings. The summed E-state index contributed by atoms with van der Waals surface area (Å²) >= 11 is 0. The molecular formula is C63H62O15. The Kier molecular flexibility index (Phi) is 19.9. The molecule has 0 bridgehead atoms. The summed E-state index contributed by atoms with van der Waals surface area (Å²) in [5, 5.41) is 0. The molecule has 15 heteroatoms. The molecule has 0 radical (unpaired) electrons. The number of rotatable bonds is 24. The van der Waals surface area contributed by atoms with Gasteiger partial charge in [-0.15, -0.1) is 0 Å². The molecule has 404 valence electrons.